The molecule has 0 spiro atoms. The largest absolute Gasteiger partial charge is 0.488 e. The molecule has 0 saturated heterocycles. The van der Waals surface area contributed by atoms with Crippen LogP contribution in [0.1, 0.15) is 49.2 Å². The van der Waals surface area contributed by atoms with E-state index in [0.29, 0.717) is 28.4 Å². The molecule has 0 radical (unpaired) electrons. The number of amides is 1. The Hall–Kier alpha value is -5.09. The standard InChI is InChI=1S/C33H28BrN3O6/c1-21-6-7-22(2)37(21)27-9-11-28(12-10-27)41-20-29-13-15-31(43-29)32(38)36-35-18-25-17-26(34)8-14-30(25)42-19-23-4-3-5-24(16-23)33(39)40/h3-18H,19-20H2,1-2H3,(H,36,38)(H,39,40)/b35-18+. The third-order valence-corrected chi connectivity index (χ3v) is 7.04. The summed E-state index contributed by atoms with van der Waals surface area (Å²) < 4.78 is 20.4. The normalized spacial score (nSPS) is 11.0. The van der Waals surface area contributed by atoms with Crippen LogP contribution in [0.25, 0.3) is 5.69 Å². The number of hydrazone groups is 1. The van der Waals surface area contributed by atoms with Gasteiger partial charge in [0.2, 0.25) is 0 Å². The first-order valence-corrected chi connectivity index (χ1v) is 14.1. The highest BCUT2D eigenvalue weighted by Crippen LogP contribution is 2.24. The van der Waals surface area contributed by atoms with Gasteiger partial charge in [0.15, 0.2) is 5.76 Å². The molecule has 0 saturated carbocycles. The smallest absolute Gasteiger partial charge is 0.335 e. The number of nitrogens with one attached hydrogen (secondary N) is 1. The minimum atomic E-state index is -1.01. The SMILES string of the molecule is Cc1ccc(C)n1-c1ccc(OCc2ccc(C(=O)N/N=C/c3cc(Br)ccc3OCc3cccc(C(=O)O)c3)o2)cc1. The molecule has 2 heterocycles. The number of rotatable bonds is 11. The molecule has 5 rings (SSSR count). The highest BCUT2D eigenvalue weighted by molar-refractivity contribution is 9.10. The summed E-state index contributed by atoms with van der Waals surface area (Å²) in [6.45, 7) is 4.44. The van der Waals surface area contributed by atoms with Crippen LogP contribution in [-0.2, 0) is 13.2 Å². The van der Waals surface area contributed by atoms with Crippen molar-refractivity contribution in [3.8, 4) is 17.2 Å². The summed E-state index contributed by atoms with van der Waals surface area (Å²) in [7, 11) is 0. The molecule has 218 valence electrons. The number of nitrogens with zero attached hydrogens (tertiary/aromatic N) is 2. The van der Waals surface area contributed by atoms with Gasteiger partial charge >= 0.3 is 11.9 Å². The summed E-state index contributed by atoms with van der Waals surface area (Å²) >= 11 is 3.43. The lowest BCUT2D eigenvalue weighted by atomic mass is 10.1. The van der Waals surface area contributed by atoms with E-state index in [9.17, 15) is 14.7 Å². The van der Waals surface area contributed by atoms with Crippen LogP contribution in [0.2, 0.25) is 0 Å². The highest BCUT2D eigenvalue weighted by Gasteiger charge is 2.12. The van der Waals surface area contributed by atoms with Gasteiger partial charge in [-0.2, -0.15) is 5.10 Å². The van der Waals surface area contributed by atoms with E-state index in [1.54, 1.807) is 42.5 Å². The molecule has 0 aliphatic heterocycles. The molecule has 0 unspecified atom stereocenters. The number of hydrogen-bond donors (Lipinski definition) is 2. The van der Waals surface area contributed by atoms with Gasteiger partial charge in [0.25, 0.3) is 0 Å². The number of carboxylic acid groups (broad SMARTS) is 1. The second kappa shape index (κ2) is 13.3. The first-order valence-electron chi connectivity index (χ1n) is 13.3. The van der Waals surface area contributed by atoms with Crippen LogP contribution in [0.5, 0.6) is 11.5 Å². The predicted octanol–water partition coefficient (Wildman–Crippen LogP) is 7.07. The Morgan fingerprint density at radius 1 is 0.930 bits per heavy atom. The zero-order valence-corrected chi connectivity index (χ0v) is 25.0. The number of aromatic nitrogens is 1. The first-order chi connectivity index (χ1) is 20.8. The molecule has 2 N–H and O–H groups in total. The molecule has 3 aromatic carbocycles. The van der Waals surface area contributed by atoms with Crippen molar-refractivity contribution >= 4 is 34.0 Å². The minimum absolute atomic E-state index is 0.0914. The van der Waals surface area contributed by atoms with E-state index in [-0.39, 0.29) is 24.5 Å². The summed E-state index contributed by atoms with van der Waals surface area (Å²) in [5, 5.41) is 13.3. The molecule has 9 nitrogen and oxygen atoms in total. The van der Waals surface area contributed by atoms with E-state index in [2.05, 4.69) is 57.0 Å². The van der Waals surface area contributed by atoms with Gasteiger partial charge in [-0.1, -0.05) is 28.1 Å². The molecule has 1 amide bonds. The van der Waals surface area contributed by atoms with Crippen LogP contribution in [0.3, 0.4) is 0 Å². The van der Waals surface area contributed by atoms with Crippen LogP contribution in [-0.4, -0.2) is 27.8 Å². The van der Waals surface area contributed by atoms with Gasteiger partial charge in [-0.3, -0.25) is 4.79 Å². The molecular formula is C33H28BrN3O6. The number of furan rings is 1. The topological polar surface area (TPSA) is 115 Å². The van der Waals surface area contributed by atoms with Crippen LogP contribution >= 0.6 is 15.9 Å². The number of carbonyl (C=O) groups excluding carboxylic acids is 1. The second-order valence-corrected chi connectivity index (χ2v) is 10.6. The maximum absolute atomic E-state index is 12.6. The molecule has 0 atom stereocenters. The van der Waals surface area contributed by atoms with Crippen LogP contribution in [0.4, 0.5) is 0 Å². The lowest BCUT2D eigenvalue weighted by molar-refractivity contribution is 0.0696. The van der Waals surface area contributed by atoms with E-state index in [0.717, 1.165) is 21.5 Å². The molecule has 10 heteroatoms. The lowest BCUT2D eigenvalue weighted by Gasteiger charge is -2.10. The van der Waals surface area contributed by atoms with Gasteiger partial charge in [0.1, 0.15) is 30.5 Å². The number of carboxylic acids is 1. The monoisotopic (exact) mass is 641 g/mol. The third kappa shape index (κ3) is 7.41. The Morgan fingerprint density at radius 3 is 2.44 bits per heavy atom. The van der Waals surface area contributed by atoms with Crippen molar-refractivity contribution < 1.29 is 28.6 Å². The Labute approximate surface area is 256 Å². The van der Waals surface area contributed by atoms with E-state index in [1.807, 2.05) is 30.3 Å². The fourth-order valence-corrected chi connectivity index (χ4v) is 4.80. The lowest BCUT2D eigenvalue weighted by Crippen LogP contribution is -2.17. The molecule has 0 aliphatic rings. The maximum atomic E-state index is 12.6. The molecule has 2 aromatic heterocycles. The van der Waals surface area contributed by atoms with Gasteiger partial charge in [0.05, 0.1) is 11.8 Å². The number of aryl methyl sites for hydroxylation is 2. The minimum Gasteiger partial charge on any atom is -0.488 e. The van der Waals surface area contributed by atoms with Gasteiger partial charge in [-0.15, -0.1) is 0 Å². The number of carbonyl (C=O) groups is 2. The van der Waals surface area contributed by atoms with Crippen molar-refractivity contribution in [3.05, 3.63) is 135 Å². The van der Waals surface area contributed by atoms with Crippen molar-refractivity contribution in [2.75, 3.05) is 0 Å². The second-order valence-electron chi connectivity index (χ2n) is 9.68. The van der Waals surface area contributed by atoms with Gasteiger partial charge < -0.3 is 23.6 Å². The van der Waals surface area contributed by atoms with E-state index in [4.69, 9.17) is 13.9 Å². The Morgan fingerprint density at radius 2 is 1.70 bits per heavy atom. The van der Waals surface area contributed by atoms with Crippen LogP contribution in [0.15, 0.2) is 105 Å². The van der Waals surface area contributed by atoms with Crippen molar-refractivity contribution in [1.29, 1.82) is 0 Å². The van der Waals surface area contributed by atoms with E-state index >= 15 is 0 Å². The van der Waals surface area contributed by atoms with Crippen LogP contribution < -0.4 is 14.9 Å². The average molecular weight is 643 g/mol. The molecular weight excluding hydrogens is 614 g/mol. The molecule has 0 fully saturated rings. The zero-order chi connectivity index (χ0) is 30.3. The number of ether oxygens (including phenoxy) is 2. The summed E-state index contributed by atoms with van der Waals surface area (Å²) in [4.78, 5) is 23.9. The van der Waals surface area contributed by atoms with Crippen molar-refractivity contribution in [2.24, 2.45) is 5.10 Å². The van der Waals surface area contributed by atoms with Crippen LogP contribution in [0, 0.1) is 13.8 Å². The summed E-state index contributed by atoms with van der Waals surface area (Å²) in [5.74, 6) is 0.241. The summed E-state index contributed by atoms with van der Waals surface area (Å²) in [6.07, 6.45) is 1.46. The summed E-state index contributed by atoms with van der Waals surface area (Å²) in [5.41, 5.74) is 7.31. The van der Waals surface area contributed by atoms with E-state index < -0.39 is 11.9 Å². The average Bonchev–Trinajstić information content (AvgIpc) is 3.62. The fourth-order valence-electron chi connectivity index (χ4n) is 4.42. The van der Waals surface area contributed by atoms with Crippen molar-refractivity contribution in [3.63, 3.8) is 0 Å². The maximum Gasteiger partial charge on any atom is 0.335 e. The Balaban J connectivity index is 1.16. The molecule has 0 aliphatic carbocycles. The molecule has 43 heavy (non-hydrogen) atoms. The molecule has 5 aromatic rings. The van der Waals surface area contributed by atoms with Gasteiger partial charge in [0, 0.05) is 27.1 Å². The Kier molecular flexibility index (Phi) is 9.07. The number of aromatic carboxylic acids is 1. The van der Waals surface area contributed by atoms with Crippen molar-refractivity contribution in [1.82, 2.24) is 9.99 Å². The quantitative estimate of drug-likeness (QED) is 0.118. The molecule has 0 bridgehead atoms. The van der Waals surface area contributed by atoms with Gasteiger partial charge in [-0.05, 0) is 98.3 Å². The highest BCUT2D eigenvalue weighted by atomic mass is 79.9. The number of halogens is 1. The number of benzene rings is 3. The fraction of sp³-hybridized carbons (Fsp3) is 0.121. The number of hydrogen-bond acceptors (Lipinski definition) is 6. The third-order valence-electron chi connectivity index (χ3n) is 6.54. The zero-order valence-electron chi connectivity index (χ0n) is 23.4. The Bertz CT molecular complexity index is 1770. The van der Waals surface area contributed by atoms with Crippen molar-refractivity contribution in [2.45, 2.75) is 27.1 Å². The summed E-state index contributed by atoms with van der Waals surface area (Å²) in [6, 6.07) is 27.0. The predicted molar refractivity (Wildman–Crippen MR) is 165 cm³/mol. The first kappa shape index (κ1) is 29.4. The van der Waals surface area contributed by atoms with Gasteiger partial charge in [-0.25, -0.2) is 10.2 Å². The van der Waals surface area contributed by atoms with E-state index in [1.165, 1.54) is 12.3 Å².